The third kappa shape index (κ3) is 6.69. The van der Waals surface area contributed by atoms with Gasteiger partial charge in [0.2, 0.25) is 0 Å². The molecule has 9 heteroatoms. The van der Waals surface area contributed by atoms with Gasteiger partial charge in [0.05, 0.1) is 11.7 Å². The Morgan fingerprint density at radius 1 is 0.571 bits per heavy atom. The van der Waals surface area contributed by atoms with Gasteiger partial charge in [-0.2, -0.15) is 8.75 Å². The van der Waals surface area contributed by atoms with Gasteiger partial charge in [-0.15, -0.1) is 46.2 Å². The average Bonchev–Trinajstić information content (AvgIpc) is 3.91. The van der Waals surface area contributed by atoms with Gasteiger partial charge in [-0.05, 0) is 61.1 Å². The molecule has 2 aliphatic heterocycles. The standard InChI is InChI=1S/C40H36F2N2S5/c1-3-5-7-9-23-11-13-25(29(41)17-23)31-19-35-37(45-31)21-33(47-35)27-15-16-28(40-39(27)43-49-44-40)34-22-38-36(48-34)20-32(46-38)26-14-12-24(18-30(26)42)10-8-6-4-2/h11-22,35,37H,3-10H2,1-2H3. The molecule has 0 saturated heterocycles. The molecule has 49 heavy (non-hydrogen) atoms. The zero-order valence-corrected chi connectivity index (χ0v) is 31.5. The van der Waals surface area contributed by atoms with E-state index in [1.807, 2.05) is 23.9 Å². The van der Waals surface area contributed by atoms with Crippen molar-refractivity contribution in [2.75, 3.05) is 0 Å². The summed E-state index contributed by atoms with van der Waals surface area (Å²) in [6.07, 6.45) is 13.3. The van der Waals surface area contributed by atoms with Crippen LogP contribution in [0.15, 0.2) is 72.8 Å². The number of benzene rings is 3. The van der Waals surface area contributed by atoms with Crippen molar-refractivity contribution in [2.45, 2.75) is 75.7 Å². The maximum atomic E-state index is 15.2. The molecule has 8 rings (SSSR count). The van der Waals surface area contributed by atoms with Crippen LogP contribution in [0.3, 0.4) is 0 Å². The third-order valence-electron chi connectivity index (χ3n) is 9.37. The van der Waals surface area contributed by atoms with Gasteiger partial charge in [0.1, 0.15) is 22.7 Å². The van der Waals surface area contributed by atoms with E-state index in [1.165, 1.54) is 42.3 Å². The summed E-state index contributed by atoms with van der Waals surface area (Å²) in [5.74, 6) is -0.252. The molecule has 0 fully saturated rings. The van der Waals surface area contributed by atoms with Crippen LogP contribution in [0.5, 0.6) is 0 Å². The number of halogens is 2. The van der Waals surface area contributed by atoms with Crippen molar-refractivity contribution in [1.29, 1.82) is 0 Å². The first-order chi connectivity index (χ1) is 24.0. The Kier molecular flexibility index (Phi) is 9.81. The van der Waals surface area contributed by atoms with E-state index in [1.54, 1.807) is 46.6 Å². The van der Waals surface area contributed by atoms with Gasteiger partial charge >= 0.3 is 0 Å². The minimum atomic E-state index is -0.138. The predicted octanol–water partition coefficient (Wildman–Crippen LogP) is 13.7. The van der Waals surface area contributed by atoms with Gasteiger partial charge in [-0.1, -0.05) is 88.1 Å². The van der Waals surface area contributed by atoms with Crippen molar-refractivity contribution in [2.24, 2.45) is 0 Å². The van der Waals surface area contributed by atoms with E-state index in [9.17, 15) is 0 Å². The van der Waals surface area contributed by atoms with Crippen molar-refractivity contribution in [3.8, 4) is 20.9 Å². The van der Waals surface area contributed by atoms with Crippen LogP contribution in [-0.4, -0.2) is 19.2 Å². The third-order valence-corrected chi connectivity index (χ3v) is 15.1. The van der Waals surface area contributed by atoms with Crippen LogP contribution in [0.25, 0.3) is 51.1 Å². The van der Waals surface area contributed by atoms with Gasteiger partial charge in [0.25, 0.3) is 0 Å². The van der Waals surface area contributed by atoms with Crippen LogP contribution in [0, 0.1) is 11.6 Å². The van der Waals surface area contributed by atoms with Gasteiger partial charge in [0.15, 0.2) is 0 Å². The molecule has 250 valence electrons. The van der Waals surface area contributed by atoms with Crippen molar-refractivity contribution >= 4 is 88.2 Å². The lowest BCUT2D eigenvalue weighted by Crippen LogP contribution is -2.04. The van der Waals surface area contributed by atoms with E-state index in [2.05, 4.69) is 62.4 Å². The molecule has 2 unspecified atom stereocenters. The van der Waals surface area contributed by atoms with Crippen LogP contribution in [0.4, 0.5) is 8.78 Å². The van der Waals surface area contributed by atoms with Crippen LogP contribution in [-0.2, 0) is 12.8 Å². The molecular weight excluding hydrogens is 707 g/mol. The van der Waals surface area contributed by atoms with Crippen molar-refractivity contribution in [3.05, 3.63) is 107 Å². The molecule has 0 bridgehead atoms. The van der Waals surface area contributed by atoms with Crippen molar-refractivity contribution in [1.82, 2.24) is 8.75 Å². The summed E-state index contributed by atoms with van der Waals surface area (Å²) in [6.45, 7) is 4.38. The van der Waals surface area contributed by atoms with Crippen molar-refractivity contribution in [3.63, 3.8) is 0 Å². The number of aromatic nitrogens is 2. The second kappa shape index (κ2) is 14.4. The first kappa shape index (κ1) is 33.3. The molecule has 2 nitrogen and oxygen atoms in total. The lowest BCUT2D eigenvalue weighted by atomic mass is 10.0. The summed E-state index contributed by atoms with van der Waals surface area (Å²) in [5.41, 5.74) is 7.59. The second-order valence-electron chi connectivity index (χ2n) is 12.8. The van der Waals surface area contributed by atoms with Gasteiger partial charge in [-0.25, -0.2) is 8.78 Å². The first-order valence-corrected chi connectivity index (χ1v) is 21.2. The lowest BCUT2D eigenvalue weighted by Gasteiger charge is -2.09. The summed E-state index contributed by atoms with van der Waals surface area (Å²) in [4.78, 5) is 4.36. The predicted molar refractivity (Wildman–Crippen MR) is 213 cm³/mol. The Morgan fingerprint density at radius 2 is 1.06 bits per heavy atom. The van der Waals surface area contributed by atoms with Crippen LogP contribution in [0.2, 0.25) is 0 Å². The fraction of sp³-hybridized carbons (Fsp3) is 0.300. The summed E-state index contributed by atoms with van der Waals surface area (Å²) in [6, 6.07) is 20.2. The molecule has 0 spiro atoms. The molecule has 6 aromatic rings. The van der Waals surface area contributed by atoms with Crippen molar-refractivity contribution < 1.29 is 8.78 Å². The Hall–Kier alpha value is -2.82. The Bertz CT molecular complexity index is 2190. The van der Waals surface area contributed by atoms with E-state index in [0.717, 1.165) is 83.0 Å². The summed E-state index contributed by atoms with van der Waals surface area (Å²) in [7, 11) is 0. The Labute approximate surface area is 307 Å². The zero-order chi connectivity index (χ0) is 33.5. The highest BCUT2D eigenvalue weighted by atomic mass is 32.2. The Morgan fingerprint density at radius 3 is 1.63 bits per heavy atom. The number of hydrogen-bond donors (Lipinski definition) is 0. The highest BCUT2D eigenvalue weighted by Gasteiger charge is 2.36. The molecule has 2 aliphatic rings. The first-order valence-electron chi connectivity index (χ1n) is 17.1. The van der Waals surface area contributed by atoms with Gasteiger partial charge in [-0.3, -0.25) is 0 Å². The summed E-state index contributed by atoms with van der Waals surface area (Å²) < 4.78 is 42.1. The molecule has 0 aliphatic carbocycles. The molecule has 0 amide bonds. The minimum Gasteiger partial charge on any atom is -0.206 e. The van der Waals surface area contributed by atoms with E-state index < -0.39 is 0 Å². The lowest BCUT2D eigenvalue weighted by molar-refractivity contribution is 0.620. The number of rotatable bonds is 12. The number of nitrogens with zero attached hydrogens (tertiary/aromatic N) is 2. The van der Waals surface area contributed by atoms with Crippen LogP contribution >= 0.6 is 57.9 Å². The molecule has 3 aromatic carbocycles. The molecule has 2 atom stereocenters. The SMILES string of the molecule is CCCCCc1ccc(C2=CC3SC(c4ccc(-c5cc6sc(-c7ccc(CCCCC)cc7F)cc6s5)c5nsnc45)=CC3S2)c(F)c1. The number of thiophene rings is 2. The van der Waals surface area contributed by atoms with Gasteiger partial charge < -0.3 is 0 Å². The zero-order valence-electron chi connectivity index (χ0n) is 27.4. The van der Waals surface area contributed by atoms with Crippen LogP contribution < -0.4 is 0 Å². The van der Waals surface area contributed by atoms with E-state index in [0.29, 0.717) is 11.1 Å². The monoisotopic (exact) mass is 742 g/mol. The fourth-order valence-corrected chi connectivity index (χ4v) is 12.7. The Balaban J connectivity index is 0.991. The molecule has 3 aromatic heterocycles. The molecular formula is C40H36F2N2S5. The average molecular weight is 743 g/mol. The second-order valence-corrected chi connectivity index (χ2v) is 18.0. The van der Waals surface area contributed by atoms with Gasteiger partial charge in [0, 0.05) is 61.7 Å². The quantitative estimate of drug-likeness (QED) is 0.117. The summed E-state index contributed by atoms with van der Waals surface area (Å²) in [5, 5.41) is 0.528. The maximum Gasteiger partial charge on any atom is 0.132 e. The molecule has 5 heterocycles. The number of unbranched alkanes of at least 4 members (excludes halogenated alkanes) is 4. The highest BCUT2D eigenvalue weighted by Crippen LogP contribution is 2.54. The fourth-order valence-electron chi connectivity index (χ4n) is 6.72. The number of thioether (sulfide) groups is 2. The topological polar surface area (TPSA) is 25.8 Å². The van der Waals surface area contributed by atoms with E-state index >= 15 is 8.78 Å². The number of aryl methyl sites for hydroxylation is 2. The summed E-state index contributed by atoms with van der Waals surface area (Å²) >= 11 is 8.22. The van der Waals surface area contributed by atoms with E-state index in [-0.39, 0.29) is 22.1 Å². The largest absolute Gasteiger partial charge is 0.206 e. The number of fused-ring (bicyclic) bond motifs is 3. The maximum absolute atomic E-state index is 15.2. The molecule has 0 N–H and O–H groups in total. The molecule has 0 saturated carbocycles. The smallest absolute Gasteiger partial charge is 0.132 e. The highest BCUT2D eigenvalue weighted by molar-refractivity contribution is 8.14. The normalized spacial score (nSPS) is 17.3. The minimum absolute atomic E-state index is 0.114. The van der Waals surface area contributed by atoms with Crippen LogP contribution in [0.1, 0.15) is 74.6 Å². The molecule has 0 radical (unpaired) electrons. The van der Waals surface area contributed by atoms with E-state index in [4.69, 9.17) is 8.75 Å². The number of hydrogen-bond acceptors (Lipinski definition) is 7.